The summed E-state index contributed by atoms with van der Waals surface area (Å²) >= 11 is 1.48. The van der Waals surface area contributed by atoms with E-state index in [1.54, 1.807) is 12.4 Å². The van der Waals surface area contributed by atoms with E-state index in [2.05, 4.69) is 19.7 Å². The molecule has 0 N–H and O–H groups in total. The lowest BCUT2D eigenvalue weighted by Gasteiger charge is -2.24. The number of anilines is 1. The molecule has 3 aromatic rings. The second-order valence-corrected chi connectivity index (χ2v) is 8.13. The van der Waals surface area contributed by atoms with Crippen LogP contribution in [0.4, 0.5) is 5.69 Å². The van der Waals surface area contributed by atoms with Gasteiger partial charge in [0.2, 0.25) is 5.91 Å². The van der Waals surface area contributed by atoms with Crippen molar-refractivity contribution < 1.29 is 4.79 Å². The molecule has 1 aliphatic rings. The molecule has 7 heteroatoms. The Morgan fingerprint density at radius 3 is 2.54 bits per heavy atom. The Bertz CT molecular complexity index is 940. The van der Waals surface area contributed by atoms with Crippen molar-refractivity contribution >= 4 is 23.4 Å². The average molecular weight is 394 g/mol. The Kier molecular flexibility index (Phi) is 5.43. The molecule has 1 amide bonds. The molecule has 0 aliphatic heterocycles. The molecule has 1 fully saturated rings. The standard InChI is InChI=1S/C21H23N5OS/c1-3-25(17-7-5-4-6-8-17)20(27)15(2)28-21-24-23-19(26(21)18-9-10-18)16-11-13-22-14-12-16/h4-8,11-15,18H,3,9-10H2,1-2H3. The van der Waals surface area contributed by atoms with Gasteiger partial charge < -0.3 is 4.90 Å². The molecule has 4 rings (SSSR count). The van der Waals surface area contributed by atoms with E-state index in [4.69, 9.17) is 0 Å². The van der Waals surface area contributed by atoms with Crippen LogP contribution in [-0.2, 0) is 4.79 Å². The predicted molar refractivity (Wildman–Crippen MR) is 111 cm³/mol. The zero-order valence-corrected chi connectivity index (χ0v) is 16.8. The third kappa shape index (κ3) is 3.80. The zero-order valence-electron chi connectivity index (χ0n) is 16.0. The lowest BCUT2D eigenvalue weighted by atomic mass is 10.2. The normalized spacial score (nSPS) is 14.6. The van der Waals surface area contributed by atoms with Gasteiger partial charge in [-0.2, -0.15) is 0 Å². The molecule has 6 nitrogen and oxygen atoms in total. The SMILES string of the molecule is CCN(C(=O)C(C)Sc1nnc(-c2ccncc2)n1C1CC1)c1ccccc1. The van der Waals surface area contributed by atoms with Crippen LogP contribution >= 0.6 is 11.8 Å². The lowest BCUT2D eigenvalue weighted by Crippen LogP contribution is -2.36. The first kappa shape index (κ1) is 18.7. The number of pyridine rings is 1. The average Bonchev–Trinajstić information content (AvgIpc) is 3.50. The fourth-order valence-electron chi connectivity index (χ4n) is 3.22. The van der Waals surface area contributed by atoms with Gasteiger partial charge in [-0.15, -0.1) is 10.2 Å². The number of thioether (sulfide) groups is 1. The number of amides is 1. The number of hydrogen-bond donors (Lipinski definition) is 0. The monoisotopic (exact) mass is 393 g/mol. The molecule has 2 heterocycles. The van der Waals surface area contributed by atoms with Crippen LogP contribution in [0.3, 0.4) is 0 Å². The van der Waals surface area contributed by atoms with Crippen LogP contribution < -0.4 is 4.90 Å². The fourth-order valence-corrected chi connectivity index (χ4v) is 4.20. The predicted octanol–water partition coefficient (Wildman–Crippen LogP) is 4.21. The highest BCUT2D eigenvalue weighted by atomic mass is 32.2. The summed E-state index contributed by atoms with van der Waals surface area (Å²) < 4.78 is 2.18. The van der Waals surface area contributed by atoms with E-state index in [-0.39, 0.29) is 11.2 Å². The second-order valence-electron chi connectivity index (χ2n) is 6.82. The molecule has 1 unspecified atom stereocenters. The Morgan fingerprint density at radius 1 is 1.18 bits per heavy atom. The molecular weight excluding hydrogens is 370 g/mol. The second kappa shape index (κ2) is 8.14. The van der Waals surface area contributed by atoms with Crippen molar-refractivity contribution in [2.24, 2.45) is 0 Å². The molecule has 2 aromatic heterocycles. The van der Waals surface area contributed by atoms with E-state index < -0.39 is 0 Å². The third-order valence-corrected chi connectivity index (χ3v) is 5.84. The maximum absolute atomic E-state index is 13.1. The summed E-state index contributed by atoms with van der Waals surface area (Å²) in [5, 5.41) is 9.39. The Hall–Kier alpha value is -2.67. The Morgan fingerprint density at radius 2 is 1.89 bits per heavy atom. The van der Waals surface area contributed by atoms with Crippen molar-refractivity contribution in [2.45, 2.75) is 43.1 Å². The summed E-state index contributed by atoms with van der Waals surface area (Å²) in [6.07, 6.45) is 5.77. The van der Waals surface area contributed by atoms with Crippen LogP contribution in [0.5, 0.6) is 0 Å². The highest BCUT2D eigenvalue weighted by molar-refractivity contribution is 8.00. The van der Waals surface area contributed by atoms with E-state index in [9.17, 15) is 4.79 Å². The molecule has 0 radical (unpaired) electrons. The number of nitrogens with zero attached hydrogens (tertiary/aromatic N) is 5. The van der Waals surface area contributed by atoms with E-state index in [0.717, 1.165) is 35.1 Å². The number of benzene rings is 1. The van der Waals surface area contributed by atoms with E-state index >= 15 is 0 Å². The molecular formula is C21H23N5OS. The van der Waals surface area contributed by atoms with E-state index in [0.29, 0.717) is 12.6 Å². The van der Waals surface area contributed by atoms with E-state index in [1.807, 2.05) is 61.2 Å². The Balaban J connectivity index is 1.57. The molecule has 1 saturated carbocycles. The van der Waals surface area contributed by atoms with Crippen LogP contribution in [0.25, 0.3) is 11.4 Å². The van der Waals surface area contributed by atoms with Crippen molar-refractivity contribution in [3.63, 3.8) is 0 Å². The number of para-hydroxylation sites is 1. The van der Waals surface area contributed by atoms with Gasteiger partial charge in [-0.05, 0) is 51.0 Å². The summed E-state index contributed by atoms with van der Waals surface area (Å²) in [4.78, 5) is 19.0. The van der Waals surface area contributed by atoms with Gasteiger partial charge in [0.05, 0.1) is 5.25 Å². The van der Waals surface area contributed by atoms with Gasteiger partial charge in [0.25, 0.3) is 0 Å². The molecule has 1 atom stereocenters. The number of aromatic nitrogens is 4. The van der Waals surface area contributed by atoms with Gasteiger partial charge >= 0.3 is 0 Å². The minimum Gasteiger partial charge on any atom is -0.312 e. The van der Waals surface area contributed by atoms with Gasteiger partial charge in [0.1, 0.15) is 0 Å². The molecule has 0 saturated heterocycles. The highest BCUT2D eigenvalue weighted by Gasteiger charge is 2.32. The summed E-state index contributed by atoms with van der Waals surface area (Å²) in [6, 6.07) is 14.1. The van der Waals surface area contributed by atoms with Crippen molar-refractivity contribution in [3.8, 4) is 11.4 Å². The maximum atomic E-state index is 13.1. The molecule has 1 aliphatic carbocycles. The summed E-state index contributed by atoms with van der Waals surface area (Å²) in [5.41, 5.74) is 1.92. The van der Waals surface area contributed by atoms with Gasteiger partial charge in [0.15, 0.2) is 11.0 Å². The number of hydrogen-bond acceptors (Lipinski definition) is 5. The first-order chi connectivity index (χ1) is 13.7. The smallest absolute Gasteiger partial charge is 0.240 e. The maximum Gasteiger partial charge on any atom is 0.240 e. The van der Waals surface area contributed by atoms with Crippen LogP contribution in [0.15, 0.2) is 60.0 Å². The molecule has 1 aromatic carbocycles. The van der Waals surface area contributed by atoms with Crippen molar-refractivity contribution in [3.05, 3.63) is 54.9 Å². The van der Waals surface area contributed by atoms with Gasteiger partial charge in [-0.25, -0.2) is 0 Å². The van der Waals surface area contributed by atoms with Crippen LogP contribution in [-0.4, -0.2) is 37.5 Å². The highest BCUT2D eigenvalue weighted by Crippen LogP contribution is 2.41. The zero-order chi connectivity index (χ0) is 19.5. The van der Waals surface area contributed by atoms with Crippen LogP contribution in [0, 0.1) is 0 Å². The third-order valence-electron chi connectivity index (χ3n) is 4.80. The van der Waals surface area contributed by atoms with Gasteiger partial charge in [0, 0.05) is 36.2 Å². The molecule has 28 heavy (non-hydrogen) atoms. The quantitative estimate of drug-likeness (QED) is 0.563. The van der Waals surface area contributed by atoms with E-state index in [1.165, 1.54) is 11.8 Å². The summed E-state index contributed by atoms with van der Waals surface area (Å²) in [7, 11) is 0. The Labute approximate surface area is 169 Å². The number of carbonyl (C=O) groups is 1. The molecule has 144 valence electrons. The number of carbonyl (C=O) groups excluding carboxylic acids is 1. The van der Waals surface area contributed by atoms with Crippen molar-refractivity contribution in [1.82, 2.24) is 19.7 Å². The first-order valence-electron chi connectivity index (χ1n) is 9.57. The summed E-state index contributed by atoms with van der Waals surface area (Å²) in [5.74, 6) is 0.928. The largest absolute Gasteiger partial charge is 0.312 e. The van der Waals surface area contributed by atoms with Crippen molar-refractivity contribution in [2.75, 3.05) is 11.4 Å². The summed E-state index contributed by atoms with van der Waals surface area (Å²) in [6.45, 7) is 4.57. The number of rotatable bonds is 7. The van der Waals surface area contributed by atoms with Crippen molar-refractivity contribution in [1.29, 1.82) is 0 Å². The molecule has 0 bridgehead atoms. The molecule has 0 spiro atoms. The minimum atomic E-state index is -0.257. The van der Waals surface area contributed by atoms with Gasteiger partial charge in [-0.1, -0.05) is 30.0 Å². The first-order valence-corrected chi connectivity index (χ1v) is 10.5. The topological polar surface area (TPSA) is 63.9 Å². The van der Waals surface area contributed by atoms with Crippen LogP contribution in [0.1, 0.15) is 32.7 Å². The van der Waals surface area contributed by atoms with Crippen LogP contribution in [0.2, 0.25) is 0 Å². The fraction of sp³-hybridized carbons (Fsp3) is 0.333. The minimum absolute atomic E-state index is 0.0782. The van der Waals surface area contributed by atoms with Gasteiger partial charge in [-0.3, -0.25) is 14.3 Å². The lowest BCUT2D eigenvalue weighted by molar-refractivity contribution is -0.117.